The van der Waals surface area contributed by atoms with Crippen LogP contribution < -0.4 is 14.2 Å². The van der Waals surface area contributed by atoms with Crippen molar-refractivity contribution in [3.8, 4) is 23.3 Å². The van der Waals surface area contributed by atoms with E-state index in [1.807, 2.05) is 36.4 Å². The summed E-state index contributed by atoms with van der Waals surface area (Å²) in [7, 11) is 0. The van der Waals surface area contributed by atoms with Crippen LogP contribution in [0.3, 0.4) is 0 Å². The molecule has 8 heteroatoms. The summed E-state index contributed by atoms with van der Waals surface area (Å²) in [5, 5.41) is 18.6. The molecule has 3 aromatic rings. The van der Waals surface area contributed by atoms with Crippen LogP contribution in [-0.2, 0) is 0 Å². The van der Waals surface area contributed by atoms with Gasteiger partial charge in [0, 0.05) is 5.02 Å². The van der Waals surface area contributed by atoms with Crippen molar-refractivity contribution < 1.29 is 28.9 Å². The van der Waals surface area contributed by atoms with Crippen LogP contribution in [0.25, 0.3) is 6.08 Å². The number of benzene rings is 3. The summed E-state index contributed by atoms with van der Waals surface area (Å²) in [5.41, 5.74) is 0.924. The number of hydrogen-bond donors (Lipinski definition) is 1. The fraction of sp³-hybridized carbons (Fsp3) is 0.179. The molecule has 0 unspecified atom stereocenters. The molecule has 0 amide bonds. The average Bonchev–Trinajstić information content (AvgIpc) is 2.89. The third-order valence-corrected chi connectivity index (χ3v) is 5.24. The van der Waals surface area contributed by atoms with E-state index in [4.69, 9.17) is 36.2 Å². The second-order valence-corrected chi connectivity index (χ2v) is 8.02. The monoisotopic (exact) mass is 505 g/mol. The Morgan fingerprint density at radius 3 is 2.08 bits per heavy atom. The van der Waals surface area contributed by atoms with Crippen LogP contribution >= 0.6 is 11.6 Å². The number of carboxylic acids is 1. The molecule has 3 aromatic carbocycles. The Balaban J connectivity index is 1.47. The van der Waals surface area contributed by atoms with Gasteiger partial charge in [-0.2, -0.15) is 5.26 Å². The van der Waals surface area contributed by atoms with Crippen LogP contribution in [0.1, 0.15) is 39.1 Å². The highest BCUT2D eigenvalue weighted by Gasteiger charge is 2.14. The van der Waals surface area contributed by atoms with E-state index in [2.05, 4.69) is 0 Å². The number of unbranched alkanes of at least 4 members (excludes halogenated alkanes) is 1. The largest absolute Gasteiger partial charge is 0.494 e. The van der Waals surface area contributed by atoms with E-state index in [0.29, 0.717) is 24.0 Å². The predicted octanol–water partition coefficient (Wildman–Crippen LogP) is 6.07. The van der Waals surface area contributed by atoms with Crippen LogP contribution in [0.4, 0.5) is 0 Å². The van der Waals surface area contributed by atoms with Gasteiger partial charge in [0.15, 0.2) is 12.4 Å². The highest BCUT2D eigenvalue weighted by atomic mass is 35.5. The molecule has 0 heterocycles. The Morgan fingerprint density at radius 2 is 1.50 bits per heavy atom. The molecule has 36 heavy (non-hydrogen) atoms. The number of carbonyl (C=O) groups excluding carboxylic acids is 1. The smallest absolute Gasteiger partial charge is 0.335 e. The Kier molecular flexibility index (Phi) is 9.92. The lowest BCUT2D eigenvalue weighted by atomic mass is 10.1. The molecule has 0 saturated heterocycles. The Labute approximate surface area is 214 Å². The average molecular weight is 506 g/mol. The lowest BCUT2D eigenvalue weighted by Crippen LogP contribution is -2.05. The first-order chi connectivity index (χ1) is 17.5. The van der Waals surface area contributed by atoms with Gasteiger partial charge in [-0.05, 0) is 79.1 Å². The van der Waals surface area contributed by atoms with E-state index in [-0.39, 0.29) is 29.3 Å². The van der Waals surface area contributed by atoms with E-state index in [1.165, 1.54) is 24.3 Å². The zero-order chi connectivity index (χ0) is 25.8. The molecule has 7 nitrogen and oxygen atoms in total. The zero-order valence-electron chi connectivity index (χ0n) is 19.4. The van der Waals surface area contributed by atoms with Crippen molar-refractivity contribution in [3.63, 3.8) is 0 Å². The Morgan fingerprint density at radius 1 is 0.889 bits per heavy atom. The molecule has 0 saturated carbocycles. The number of carboxylic acid groups (broad SMARTS) is 1. The Bertz CT molecular complexity index is 1250. The summed E-state index contributed by atoms with van der Waals surface area (Å²) in [6, 6.07) is 20.3. The number of nitriles is 1. The van der Waals surface area contributed by atoms with E-state index < -0.39 is 5.97 Å². The van der Waals surface area contributed by atoms with Gasteiger partial charge in [-0.15, -0.1) is 0 Å². The van der Waals surface area contributed by atoms with Crippen molar-refractivity contribution >= 4 is 29.4 Å². The maximum atomic E-state index is 12.6. The van der Waals surface area contributed by atoms with Crippen LogP contribution in [-0.4, -0.2) is 36.7 Å². The first-order valence-electron chi connectivity index (χ1n) is 11.2. The van der Waals surface area contributed by atoms with Crippen molar-refractivity contribution in [2.24, 2.45) is 0 Å². The summed E-state index contributed by atoms with van der Waals surface area (Å²) >= 11 is 5.85. The first-order valence-corrected chi connectivity index (χ1v) is 11.5. The SMILES string of the molecule is N#CCOc1cc(C(=O)O)ccc1C(=O)C=Cc1ccc(OCCCCOc2ccc(Cl)cc2)cc1. The summed E-state index contributed by atoms with van der Waals surface area (Å²) < 4.78 is 16.7. The minimum absolute atomic E-state index is 0.0341. The van der Waals surface area contributed by atoms with Gasteiger partial charge >= 0.3 is 5.97 Å². The number of allylic oxidation sites excluding steroid dienone is 1. The maximum absolute atomic E-state index is 12.6. The molecule has 184 valence electrons. The van der Waals surface area contributed by atoms with E-state index in [0.717, 1.165) is 24.2 Å². The maximum Gasteiger partial charge on any atom is 0.335 e. The van der Waals surface area contributed by atoms with Gasteiger partial charge in [-0.3, -0.25) is 4.79 Å². The van der Waals surface area contributed by atoms with Gasteiger partial charge in [-0.25, -0.2) is 4.79 Å². The Hall–Kier alpha value is -4.28. The van der Waals surface area contributed by atoms with Crippen molar-refractivity contribution in [1.29, 1.82) is 5.26 Å². The fourth-order valence-corrected chi connectivity index (χ4v) is 3.27. The van der Waals surface area contributed by atoms with E-state index in [1.54, 1.807) is 24.3 Å². The molecule has 1 N–H and O–H groups in total. The quantitative estimate of drug-likeness (QED) is 0.170. The summed E-state index contributed by atoms with van der Waals surface area (Å²) in [4.78, 5) is 23.8. The van der Waals surface area contributed by atoms with Gasteiger partial charge in [-0.1, -0.05) is 29.8 Å². The normalized spacial score (nSPS) is 10.6. The molecule has 0 aromatic heterocycles. The summed E-state index contributed by atoms with van der Waals surface area (Å²) in [6.45, 7) is 0.838. The third-order valence-electron chi connectivity index (χ3n) is 4.98. The van der Waals surface area contributed by atoms with Crippen LogP contribution in [0.5, 0.6) is 17.2 Å². The third kappa shape index (κ3) is 8.19. The number of ether oxygens (including phenoxy) is 3. The number of ketones is 1. The molecule has 0 aliphatic heterocycles. The number of carbonyl (C=O) groups is 2. The fourth-order valence-electron chi connectivity index (χ4n) is 3.14. The zero-order valence-corrected chi connectivity index (χ0v) is 20.1. The van der Waals surface area contributed by atoms with E-state index in [9.17, 15) is 9.59 Å². The van der Waals surface area contributed by atoms with Crippen molar-refractivity contribution in [2.75, 3.05) is 19.8 Å². The molecule has 3 rings (SSSR count). The first kappa shape index (κ1) is 26.3. The molecule has 0 aliphatic rings. The van der Waals surface area contributed by atoms with Crippen LogP contribution in [0.2, 0.25) is 5.02 Å². The number of nitrogens with zero attached hydrogens (tertiary/aromatic N) is 1. The number of rotatable bonds is 13. The summed E-state index contributed by atoms with van der Waals surface area (Å²) in [5.74, 6) is 0.0218. The van der Waals surface area contributed by atoms with Gasteiger partial charge in [0.05, 0.1) is 24.3 Å². The molecule has 0 fully saturated rings. The topological polar surface area (TPSA) is 106 Å². The minimum atomic E-state index is -1.15. The summed E-state index contributed by atoms with van der Waals surface area (Å²) in [6.07, 6.45) is 4.69. The van der Waals surface area contributed by atoms with Gasteiger partial charge in [0.2, 0.25) is 0 Å². The number of hydrogen-bond acceptors (Lipinski definition) is 6. The highest BCUT2D eigenvalue weighted by Crippen LogP contribution is 2.23. The van der Waals surface area contributed by atoms with Gasteiger partial charge < -0.3 is 19.3 Å². The minimum Gasteiger partial charge on any atom is -0.494 e. The molecular weight excluding hydrogens is 482 g/mol. The second kappa shape index (κ2) is 13.6. The highest BCUT2D eigenvalue weighted by molar-refractivity contribution is 6.30. The second-order valence-electron chi connectivity index (χ2n) is 7.59. The molecule has 0 radical (unpaired) electrons. The lowest BCUT2D eigenvalue weighted by molar-refractivity contribution is 0.0696. The molecular formula is C28H24ClNO6. The van der Waals surface area contributed by atoms with Crippen molar-refractivity contribution in [2.45, 2.75) is 12.8 Å². The molecule has 0 aliphatic carbocycles. The lowest BCUT2D eigenvalue weighted by Gasteiger charge is -2.08. The number of halogens is 1. The molecule has 0 bridgehead atoms. The standard InChI is InChI=1S/C28H24ClNO6/c29-22-7-11-24(12-8-22)35-17-2-1-16-34-23-9-3-20(4-10-23)5-14-26(31)25-13-6-21(28(32)33)19-27(25)36-18-15-30/h3-14,19H,1-2,16-18H2,(H,32,33). The molecule has 0 atom stereocenters. The van der Waals surface area contributed by atoms with Crippen LogP contribution in [0.15, 0.2) is 72.8 Å². The molecule has 0 spiro atoms. The van der Waals surface area contributed by atoms with Crippen molar-refractivity contribution in [3.05, 3.63) is 94.5 Å². The number of aromatic carboxylic acids is 1. The van der Waals surface area contributed by atoms with Gasteiger partial charge in [0.25, 0.3) is 0 Å². The van der Waals surface area contributed by atoms with E-state index >= 15 is 0 Å². The predicted molar refractivity (Wildman–Crippen MR) is 136 cm³/mol. The van der Waals surface area contributed by atoms with Crippen molar-refractivity contribution in [1.82, 2.24) is 0 Å². The van der Waals surface area contributed by atoms with Gasteiger partial charge in [0.1, 0.15) is 23.3 Å². The van der Waals surface area contributed by atoms with Crippen LogP contribution in [0, 0.1) is 11.3 Å².